The fourth-order valence-electron chi connectivity index (χ4n) is 4.43. The average molecular weight is 529 g/mol. The molecule has 1 amide bonds. The van der Waals surface area contributed by atoms with E-state index in [2.05, 4.69) is 15.3 Å². The maximum absolute atomic E-state index is 14.1. The molecule has 2 N–H and O–H groups in total. The van der Waals surface area contributed by atoms with E-state index in [1.54, 1.807) is 24.3 Å². The minimum atomic E-state index is -0.501. The first-order valence-electron chi connectivity index (χ1n) is 12.2. The lowest BCUT2D eigenvalue weighted by atomic mass is 10.1. The second kappa shape index (κ2) is 10.6. The number of nitrogens with zero attached hydrogens (tertiary/aromatic N) is 2. The normalized spacial score (nSPS) is 11.2. The molecule has 5 aromatic rings. The number of Topliss-reactive ketones (excluding diaryl/α,β-unsaturated/α-hetero) is 1. The van der Waals surface area contributed by atoms with E-state index in [0.717, 1.165) is 34.8 Å². The lowest BCUT2D eigenvalue weighted by Crippen LogP contribution is -2.25. The number of H-pyrrole nitrogens is 1. The SMILES string of the molecule is CCCNC(=O)c1ccc2c(=O)n(-c3cccc(F)c3)c(SCC(=O)c3c(C)[nH]c4ccccc34)nc2c1. The van der Waals surface area contributed by atoms with Crippen LogP contribution in [0.4, 0.5) is 4.39 Å². The highest BCUT2D eigenvalue weighted by atomic mass is 32.2. The molecule has 9 heteroatoms. The Balaban J connectivity index is 1.58. The van der Waals surface area contributed by atoms with E-state index in [0.29, 0.717) is 28.9 Å². The van der Waals surface area contributed by atoms with Crippen LogP contribution in [-0.4, -0.2) is 38.5 Å². The van der Waals surface area contributed by atoms with E-state index in [1.807, 2.05) is 38.1 Å². The number of ketones is 1. The number of carbonyl (C=O) groups excluding carboxylic acids is 2. The number of amides is 1. The number of aryl methyl sites for hydroxylation is 1. The fourth-order valence-corrected chi connectivity index (χ4v) is 5.31. The van der Waals surface area contributed by atoms with Crippen molar-refractivity contribution in [3.8, 4) is 5.69 Å². The van der Waals surface area contributed by atoms with Gasteiger partial charge < -0.3 is 10.3 Å². The highest BCUT2D eigenvalue weighted by Gasteiger charge is 2.20. The summed E-state index contributed by atoms with van der Waals surface area (Å²) in [6.07, 6.45) is 0.792. The summed E-state index contributed by atoms with van der Waals surface area (Å²) in [6, 6.07) is 17.9. The van der Waals surface area contributed by atoms with Gasteiger partial charge in [0.2, 0.25) is 0 Å². The Morgan fingerprint density at radius 1 is 1.05 bits per heavy atom. The van der Waals surface area contributed by atoms with Crippen molar-refractivity contribution in [2.24, 2.45) is 0 Å². The van der Waals surface area contributed by atoms with Gasteiger partial charge in [-0.05, 0) is 55.8 Å². The quantitative estimate of drug-likeness (QED) is 0.159. The molecule has 0 bridgehead atoms. The van der Waals surface area contributed by atoms with Crippen molar-refractivity contribution in [1.29, 1.82) is 0 Å². The molecule has 0 radical (unpaired) electrons. The molecule has 0 saturated carbocycles. The predicted molar refractivity (Wildman–Crippen MR) is 148 cm³/mol. The summed E-state index contributed by atoms with van der Waals surface area (Å²) in [4.78, 5) is 47.4. The van der Waals surface area contributed by atoms with E-state index >= 15 is 0 Å². The molecular weight excluding hydrogens is 503 g/mol. The van der Waals surface area contributed by atoms with Gasteiger partial charge in [0.15, 0.2) is 10.9 Å². The Labute approximate surface area is 222 Å². The average Bonchev–Trinajstić information content (AvgIpc) is 3.25. The lowest BCUT2D eigenvalue weighted by Gasteiger charge is -2.14. The van der Waals surface area contributed by atoms with Crippen molar-refractivity contribution in [2.75, 3.05) is 12.3 Å². The van der Waals surface area contributed by atoms with Gasteiger partial charge in [-0.25, -0.2) is 9.37 Å². The first-order valence-corrected chi connectivity index (χ1v) is 13.2. The zero-order valence-corrected chi connectivity index (χ0v) is 21.7. The molecule has 7 nitrogen and oxygen atoms in total. The smallest absolute Gasteiger partial charge is 0.266 e. The van der Waals surface area contributed by atoms with Crippen molar-refractivity contribution in [3.63, 3.8) is 0 Å². The lowest BCUT2D eigenvalue weighted by molar-refractivity contribution is 0.0952. The number of carbonyl (C=O) groups is 2. The second-order valence-corrected chi connectivity index (χ2v) is 9.83. The summed E-state index contributed by atoms with van der Waals surface area (Å²) >= 11 is 1.09. The first-order chi connectivity index (χ1) is 18.4. The third-order valence-corrected chi connectivity index (χ3v) is 7.15. The van der Waals surface area contributed by atoms with Gasteiger partial charge in [0.1, 0.15) is 5.82 Å². The largest absolute Gasteiger partial charge is 0.358 e. The van der Waals surface area contributed by atoms with Crippen molar-refractivity contribution in [2.45, 2.75) is 25.4 Å². The van der Waals surface area contributed by atoms with Crippen LogP contribution in [0.1, 0.15) is 39.8 Å². The molecule has 192 valence electrons. The summed E-state index contributed by atoms with van der Waals surface area (Å²) in [5.41, 5.74) is 2.80. The van der Waals surface area contributed by atoms with Crippen molar-refractivity contribution < 1.29 is 14.0 Å². The Morgan fingerprint density at radius 2 is 1.87 bits per heavy atom. The van der Waals surface area contributed by atoms with Crippen LogP contribution in [0.25, 0.3) is 27.5 Å². The number of benzene rings is 3. The van der Waals surface area contributed by atoms with E-state index < -0.39 is 11.4 Å². The Kier molecular flexibility index (Phi) is 7.11. The molecule has 0 aliphatic heterocycles. The van der Waals surface area contributed by atoms with E-state index in [-0.39, 0.29) is 28.0 Å². The third-order valence-electron chi connectivity index (χ3n) is 6.21. The molecular formula is C29H25FN4O3S. The minimum absolute atomic E-state index is 0.00657. The highest BCUT2D eigenvalue weighted by Crippen LogP contribution is 2.27. The summed E-state index contributed by atoms with van der Waals surface area (Å²) < 4.78 is 15.4. The van der Waals surface area contributed by atoms with Crippen LogP contribution in [0.15, 0.2) is 76.7 Å². The number of aromatic nitrogens is 3. The van der Waals surface area contributed by atoms with Gasteiger partial charge in [-0.1, -0.05) is 43.0 Å². The molecule has 0 fully saturated rings. The van der Waals surface area contributed by atoms with Gasteiger partial charge in [0.25, 0.3) is 11.5 Å². The number of para-hydroxylation sites is 1. The van der Waals surface area contributed by atoms with Gasteiger partial charge in [0, 0.05) is 34.3 Å². The van der Waals surface area contributed by atoms with Gasteiger partial charge in [-0.3, -0.25) is 19.0 Å². The Bertz CT molecular complexity index is 1760. The first kappa shape index (κ1) is 25.4. The molecule has 3 aromatic carbocycles. The second-order valence-electron chi connectivity index (χ2n) is 8.89. The Morgan fingerprint density at radius 3 is 2.66 bits per heavy atom. The molecule has 0 aliphatic rings. The zero-order valence-electron chi connectivity index (χ0n) is 20.9. The number of rotatable bonds is 8. The van der Waals surface area contributed by atoms with Crippen LogP contribution in [0.3, 0.4) is 0 Å². The Hall–Kier alpha value is -4.24. The number of hydrogen-bond acceptors (Lipinski definition) is 5. The van der Waals surface area contributed by atoms with Crippen LogP contribution < -0.4 is 10.9 Å². The molecule has 0 saturated heterocycles. The highest BCUT2D eigenvalue weighted by molar-refractivity contribution is 7.99. The molecule has 0 spiro atoms. The summed E-state index contributed by atoms with van der Waals surface area (Å²) in [5, 5.41) is 4.15. The van der Waals surface area contributed by atoms with Crippen LogP contribution >= 0.6 is 11.8 Å². The van der Waals surface area contributed by atoms with Gasteiger partial charge in [-0.15, -0.1) is 0 Å². The maximum atomic E-state index is 14.1. The molecule has 5 rings (SSSR count). The number of halogens is 1. The van der Waals surface area contributed by atoms with Crippen molar-refractivity contribution in [3.05, 3.63) is 99.7 Å². The van der Waals surface area contributed by atoms with Crippen LogP contribution in [0.5, 0.6) is 0 Å². The number of thioether (sulfide) groups is 1. The molecule has 2 heterocycles. The molecule has 0 aliphatic carbocycles. The fraction of sp³-hybridized carbons (Fsp3) is 0.172. The molecule has 2 aromatic heterocycles. The zero-order chi connectivity index (χ0) is 26.8. The molecule has 38 heavy (non-hydrogen) atoms. The number of nitrogens with one attached hydrogen (secondary N) is 2. The molecule has 0 unspecified atom stereocenters. The standard InChI is InChI=1S/C29H25FN4O3S/c1-3-13-31-27(36)18-11-12-22-24(14-18)33-29(34(28(22)37)20-8-6-7-19(30)15-20)38-16-25(35)26-17(2)32-23-10-5-4-9-21(23)26/h4-12,14-15,32H,3,13,16H2,1-2H3,(H,31,36). The maximum Gasteiger partial charge on any atom is 0.266 e. The van der Waals surface area contributed by atoms with Crippen LogP contribution in [0.2, 0.25) is 0 Å². The van der Waals surface area contributed by atoms with E-state index in [4.69, 9.17) is 0 Å². The monoisotopic (exact) mass is 528 g/mol. The summed E-state index contributed by atoms with van der Waals surface area (Å²) in [6.45, 7) is 4.33. The van der Waals surface area contributed by atoms with Gasteiger partial charge >= 0.3 is 0 Å². The van der Waals surface area contributed by atoms with E-state index in [1.165, 1.54) is 22.8 Å². The third kappa shape index (κ3) is 4.84. The van der Waals surface area contributed by atoms with Crippen LogP contribution in [0, 0.1) is 12.7 Å². The van der Waals surface area contributed by atoms with Gasteiger partial charge in [-0.2, -0.15) is 0 Å². The minimum Gasteiger partial charge on any atom is -0.358 e. The van der Waals surface area contributed by atoms with Crippen LogP contribution in [-0.2, 0) is 0 Å². The number of fused-ring (bicyclic) bond motifs is 2. The predicted octanol–water partition coefficient (Wildman–Crippen LogP) is 5.43. The number of aromatic amines is 1. The van der Waals surface area contributed by atoms with Gasteiger partial charge in [0.05, 0.1) is 22.3 Å². The number of hydrogen-bond donors (Lipinski definition) is 2. The summed E-state index contributed by atoms with van der Waals surface area (Å²) in [5.74, 6) is -0.882. The van der Waals surface area contributed by atoms with Crippen molar-refractivity contribution >= 4 is 45.3 Å². The topological polar surface area (TPSA) is 96.9 Å². The molecule has 0 atom stereocenters. The van der Waals surface area contributed by atoms with E-state index in [9.17, 15) is 18.8 Å². The summed E-state index contributed by atoms with van der Waals surface area (Å²) in [7, 11) is 0. The van der Waals surface area contributed by atoms with Crippen molar-refractivity contribution in [1.82, 2.24) is 19.9 Å².